The second kappa shape index (κ2) is 10.8. The minimum absolute atomic E-state index is 0.0246. The lowest BCUT2D eigenvalue weighted by molar-refractivity contribution is -0.121. The summed E-state index contributed by atoms with van der Waals surface area (Å²) in [6.07, 6.45) is 3.36. The van der Waals surface area contributed by atoms with Gasteiger partial charge in [0, 0.05) is 32.3 Å². The van der Waals surface area contributed by atoms with Crippen LogP contribution in [0.5, 0.6) is 5.75 Å². The minimum atomic E-state index is 0.0246. The highest BCUT2D eigenvalue weighted by Gasteiger charge is 2.23. The van der Waals surface area contributed by atoms with Crippen LogP contribution in [0.4, 0.5) is 5.82 Å². The number of carbonyl (C=O) groups is 1. The van der Waals surface area contributed by atoms with Crippen molar-refractivity contribution >= 4 is 11.7 Å². The predicted molar refractivity (Wildman–Crippen MR) is 128 cm³/mol. The fraction of sp³-hybridized carbons (Fsp3) is 0.538. The third-order valence-electron chi connectivity index (χ3n) is 5.58. The molecule has 2 aromatic rings. The van der Waals surface area contributed by atoms with E-state index < -0.39 is 0 Å². The Bertz CT molecular complexity index is 849. The highest BCUT2D eigenvalue weighted by atomic mass is 16.5. The topological polar surface area (TPSA) is 63.7 Å². The Morgan fingerprint density at radius 2 is 1.81 bits per heavy atom. The number of nitrogens with one attached hydrogen (secondary N) is 1. The quantitative estimate of drug-likeness (QED) is 0.615. The van der Waals surface area contributed by atoms with Crippen molar-refractivity contribution in [3.05, 3.63) is 53.7 Å². The number of pyridine rings is 1. The number of carbonyl (C=O) groups excluding carboxylic acids is 1. The number of benzene rings is 1. The molecule has 1 aromatic heterocycles. The van der Waals surface area contributed by atoms with Crippen LogP contribution in [0.1, 0.15) is 58.6 Å². The van der Waals surface area contributed by atoms with Gasteiger partial charge in [-0.1, -0.05) is 39.0 Å². The maximum Gasteiger partial charge on any atom is 0.220 e. The van der Waals surface area contributed by atoms with E-state index in [1.807, 2.05) is 30.5 Å². The van der Waals surface area contributed by atoms with Crippen LogP contribution in [0.3, 0.4) is 0 Å². The average Bonchev–Trinajstić information content (AvgIpc) is 2.75. The molecule has 1 aliphatic rings. The first-order chi connectivity index (χ1) is 15.2. The molecule has 3 rings (SSSR count). The monoisotopic (exact) mass is 439 g/mol. The second-order valence-corrected chi connectivity index (χ2v) is 9.69. The van der Waals surface area contributed by atoms with Gasteiger partial charge in [-0.05, 0) is 55.0 Å². The normalized spacial score (nSPS) is 19.0. The molecule has 1 N–H and O–H groups in total. The molecule has 1 aliphatic heterocycles. The number of hydrogen-bond acceptors (Lipinski definition) is 5. The highest BCUT2D eigenvalue weighted by Crippen LogP contribution is 2.24. The van der Waals surface area contributed by atoms with Gasteiger partial charge in [-0.3, -0.25) is 4.79 Å². The van der Waals surface area contributed by atoms with Crippen LogP contribution in [0.15, 0.2) is 42.6 Å². The molecule has 0 radical (unpaired) electrons. The van der Waals surface area contributed by atoms with Crippen molar-refractivity contribution in [1.82, 2.24) is 10.3 Å². The summed E-state index contributed by atoms with van der Waals surface area (Å²) in [5, 5.41) is 2.97. The lowest BCUT2D eigenvalue weighted by Crippen LogP contribution is -2.45. The number of aromatic nitrogens is 1. The Labute approximate surface area is 192 Å². The second-order valence-electron chi connectivity index (χ2n) is 9.69. The summed E-state index contributed by atoms with van der Waals surface area (Å²) in [7, 11) is 0. The van der Waals surface area contributed by atoms with Crippen molar-refractivity contribution in [2.75, 3.05) is 24.6 Å². The summed E-state index contributed by atoms with van der Waals surface area (Å²) in [6, 6.07) is 12.2. The lowest BCUT2D eigenvalue weighted by Gasteiger charge is -2.36. The van der Waals surface area contributed by atoms with Crippen LogP contribution in [-0.4, -0.2) is 42.8 Å². The summed E-state index contributed by atoms with van der Waals surface area (Å²) < 4.78 is 11.6. The Balaban J connectivity index is 1.35. The van der Waals surface area contributed by atoms with Gasteiger partial charge in [0.15, 0.2) is 0 Å². The number of rotatable bonds is 8. The number of ether oxygens (including phenoxy) is 2. The summed E-state index contributed by atoms with van der Waals surface area (Å²) in [5.41, 5.74) is 2.40. The van der Waals surface area contributed by atoms with Gasteiger partial charge >= 0.3 is 0 Å². The van der Waals surface area contributed by atoms with Crippen molar-refractivity contribution in [3.63, 3.8) is 0 Å². The van der Waals surface area contributed by atoms with Crippen LogP contribution < -0.4 is 15.0 Å². The fourth-order valence-corrected chi connectivity index (χ4v) is 3.84. The molecule has 0 spiro atoms. The van der Waals surface area contributed by atoms with Crippen molar-refractivity contribution in [1.29, 1.82) is 0 Å². The van der Waals surface area contributed by atoms with Crippen LogP contribution in [0.2, 0.25) is 0 Å². The molecule has 0 bridgehead atoms. The van der Waals surface area contributed by atoms with Gasteiger partial charge in [0.05, 0.1) is 18.8 Å². The van der Waals surface area contributed by atoms with Gasteiger partial charge in [0.2, 0.25) is 5.91 Å². The molecular formula is C26H37N3O3. The molecule has 1 aromatic carbocycles. The van der Waals surface area contributed by atoms with Gasteiger partial charge in [-0.25, -0.2) is 4.98 Å². The number of amides is 1. The van der Waals surface area contributed by atoms with E-state index in [0.29, 0.717) is 26.0 Å². The van der Waals surface area contributed by atoms with E-state index in [9.17, 15) is 4.79 Å². The maximum absolute atomic E-state index is 12.2. The van der Waals surface area contributed by atoms with Crippen molar-refractivity contribution in [2.24, 2.45) is 0 Å². The van der Waals surface area contributed by atoms with E-state index in [1.54, 1.807) is 0 Å². The Hall–Kier alpha value is -2.60. The first-order valence-corrected chi connectivity index (χ1v) is 11.6. The van der Waals surface area contributed by atoms with Gasteiger partial charge in [-0.2, -0.15) is 0 Å². The zero-order valence-electron chi connectivity index (χ0n) is 20.1. The van der Waals surface area contributed by atoms with Crippen molar-refractivity contribution in [3.8, 4) is 5.75 Å². The van der Waals surface area contributed by atoms with Gasteiger partial charge in [0.1, 0.15) is 11.6 Å². The van der Waals surface area contributed by atoms with Gasteiger partial charge in [-0.15, -0.1) is 0 Å². The van der Waals surface area contributed by atoms with E-state index in [-0.39, 0.29) is 23.5 Å². The Kier molecular flexibility index (Phi) is 8.13. The fourth-order valence-electron chi connectivity index (χ4n) is 3.84. The summed E-state index contributed by atoms with van der Waals surface area (Å²) in [6.45, 7) is 13.4. The van der Waals surface area contributed by atoms with Crippen LogP contribution in [-0.2, 0) is 21.5 Å². The van der Waals surface area contributed by atoms with E-state index in [2.05, 4.69) is 62.0 Å². The van der Waals surface area contributed by atoms with E-state index in [4.69, 9.17) is 9.47 Å². The average molecular weight is 440 g/mol. The molecule has 1 fully saturated rings. The van der Waals surface area contributed by atoms with Crippen molar-refractivity contribution < 1.29 is 14.3 Å². The number of morpholine rings is 1. The minimum Gasteiger partial charge on any atom is -0.494 e. The molecule has 2 atom stereocenters. The Morgan fingerprint density at radius 1 is 1.12 bits per heavy atom. The number of nitrogens with zero attached hydrogens (tertiary/aromatic N) is 2. The first-order valence-electron chi connectivity index (χ1n) is 11.6. The molecule has 2 heterocycles. The van der Waals surface area contributed by atoms with Gasteiger partial charge < -0.3 is 19.7 Å². The summed E-state index contributed by atoms with van der Waals surface area (Å²) in [4.78, 5) is 19.0. The van der Waals surface area contributed by atoms with Crippen LogP contribution in [0, 0.1) is 0 Å². The highest BCUT2D eigenvalue weighted by molar-refractivity contribution is 5.75. The number of hydrogen-bond donors (Lipinski definition) is 1. The van der Waals surface area contributed by atoms with Crippen LogP contribution in [0.25, 0.3) is 0 Å². The molecule has 1 amide bonds. The zero-order chi connectivity index (χ0) is 23.1. The third kappa shape index (κ3) is 7.23. The predicted octanol–water partition coefficient (Wildman–Crippen LogP) is 4.47. The molecule has 6 nitrogen and oxygen atoms in total. The third-order valence-corrected chi connectivity index (χ3v) is 5.58. The zero-order valence-corrected chi connectivity index (χ0v) is 20.1. The molecule has 32 heavy (non-hydrogen) atoms. The molecule has 2 unspecified atom stereocenters. The summed E-state index contributed by atoms with van der Waals surface area (Å²) in [5.74, 6) is 1.82. The standard InChI is InChI=1S/C26H37N3O3/c1-19-17-29(18-20(2)32-19)24-13-8-21(15-27-24)16-28-25(30)7-6-14-31-23-11-9-22(10-12-23)26(3,4)5/h8-13,15,19-20H,6-7,14,16-18H2,1-5H3,(H,28,30). The summed E-state index contributed by atoms with van der Waals surface area (Å²) >= 11 is 0. The van der Waals surface area contributed by atoms with Gasteiger partial charge in [0.25, 0.3) is 0 Å². The SMILES string of the molecule is CC1CN(c2ccc(CNC(=O)CCCOc3ccc(C(C)(C)C)cc3)cn2)CC(C)O1. The van der Waals surface area contributed by atoms with Crippen LogP contribution >= 0.6 is 0 Å². The first kappa shape index (κ1) is 24.1. The lowest BCUT2D eigenvalue weighted by atomic mass is 9.87. The number of anilines is 1. The maximum atomic E-state index is 12.2. The van der Waals surface area contributed by atoms with E-state index in [1.165, 1.54) is 5.56 Å². The smallest absolute Gasteiger partial charge is 0.220 e. The largest absolute Gasteiger partial charge is 0.494 e. The van der Waals surface area contributed by atoms with E-state index in [0.717, 1.165) is 30.2 Å². The Morgan fingerprint density at radius 3 is 2.41 bits per heavy atom. The molecule has 0 aliphatic carbocycles. The van der Waals surface area contributed by atoms with E-state index >= 15 is 0 Å². The molecular weight excluding hydrogens is 402 g/mol. The molecule has 0 saturated carbocycles. The molecule has 1 saturated heterocycles. The van der Waals surface area contributed by atoms with Crippen molar-refractivity contribution in [2.45, 2.75) is 71.6 Å². The molecule has 174 valence electrons. The molecule has 6 heteroatoms.